The van der Waals surface area contributed by atoms with Gasteiger partial charge in [-0.15, -0.1) is 5.10 Å². The summed E-state index contributed by atoms with van der Waals surface area (Å²) in [5.74, 6) is -3.79. The molecule has 3 heterocycles. The van der Waals surface area contributed by atoms with Gasteiger partial charge in [-0.05, 0) is 69.0 Å². The van der Waals surface area contributed by atoms with Crippen molar-refractivity contribution in [1.29, 1.82) is 0 Å². The molecular formula is C37H49N9O8. The first-order chi connectivity index (χ1) is 25.7. The van der Waals surface area contributed by atoms with Crippen LogP contribution in [0.5, 0.6) is 0 Å². The number of pyridine rings is 1. The number of carboxylic acid groups (broad SMARTS) is 1. The number of carbonyl (C=O) groups excluding carboxylic acids is 5. The molecule has 54 heavy (non-hydrogen) atoms. The maximum Gasteiger partial charge on any atom is 0.404 e. The van der Waals surface area contributed by atoms with Gasteiger partial charge in [-0.3, -0.25) is 29.0 Å². The highest BCUT2D eigenvalue weighted by molar-refractivity contribution is 6.37. The lowest BCUT2D eigenvalue weighted by molar-refractivity contribution is -0.142. The number of unbranched alkanes of at least 4 members (excludes halogenated alkanes) is 1. The Hall–Kier alpha value is -5.45. The molecule has 0 radical (unpaired) electrons. The summed E-state index contributed by atoms with van der Waals surface area (Å²) in [6, 6.07) is 2.85. The van der Waals surface area contributed by atoms with Crippen molar-refractivity contribution < 1.29 is 39.0 Å². The van der Waals surface area contributed by atoms with Crippen LogP contribution in [-0.2, 0) is 24.8 Å². The number of fused-ring (bicyclic) bond motifs is 1. The van der Waals surface area contributed by atoms with E-state index >= 15 is 0 Å². The van der Waals surface area contributed by atoms with Crippen molar-refractivity contribution >= 4 is 46.3 Å². The molecule has 5 amide bonds. The minimum absolute atomic E-state index is 0.00693. The Labute approximate surface area is 312 Å². The first kappa shape index (κ1) is 39.8. The fourth-order valence-electron chi connectivity index (χ4n) is 7.46. The molecule has 1 aromatic carbocycles. The van der Waals surface area contributed by atoms with Gasteiger partial charge >= 0.3 is 6.09 Å². The van der Waals surface area contributed by atoms with E-state index in [2.05, 4.69) is 31.2 Å². The van der Waals surface area contributed by atoms with Gasteiger partial charge in [-0.1, -0.05) is 43.4 Å². The largest absolute Gasteiger partial charge is 0.465 e. The third kappa shape index (κ3) is 9.94. The van der Waals surface area contributed by atoms with Crippen LogP contribution in [0.4, 0.5) is 4.79 Å². The maximum atomic E-state index is 14.8. The smallest absolute Gasteiger partial charge is 0.404 e. The molecule has 17 heteroatoms. The molecule has 2 fully saturated rings. The summed E-state index contributed by atoms with van der Waals surface area (Å²) < 4.78 is 1.48. The summed E-state index contributed by atoms with van der Waals surface area (Å²) in [4.78, 5) is 83.9. The Balaban J connectivity index is 1.44. The highest BCUT2D eigenvalue weighted by Gasteiger charge is 2.45. The number of Topliss-reactive ketones (excluding diaryl/α,β-unsaturated/α-hetero) is 1. The highest BCUT2D eigenvalue weighted by Crippen LogP contribution is 2.33. The van der Waals surface area contributed by atoms with Gasteiger partial charge in [-0.25, -0.2) is 9.48 Å². The van der Waals surface area contributed by atoms with Crippen LogP contribution in [0.25, 0.3) is 10.8 Å². The average molecular weight is 748 g/mol. The number of carbonyl (C=O) groups is 6. The van der Waals surface area contributed by atoms with Crippen LogP contribution in [0.3, 0.4) is 0 Å². The second-order valence-corrected chi connectivity index (χ2v) is 14.7. The van der Waals surface area contributed by atoms with E-state index in [1.165, 1.54) is 15.8 Å². The van der Waals surface area contributed by atoms with Crippen LogP contribution in [-0.4, -0.2) is 102 Å². The predicted octanol–water partition coefficient (Wildman–Crippen LogP) is 1.94. The number of nitrogens with one attached hydrogen (secondary N) is 3. The molecule has 5 rings (SSSR count). The van der Waals surface area contributed by atoms with Crippen molar-refractivity contribution in [3.8, 4) is 0 Å². The number of aliphatic hydroxyl groups is 1. The lowest BCUT2D eigenvalue weighted by atomic mass is 9.84. The summed E-state index contributed by atoms with van der Waals surface area (Å²) in [5.41, 5.74) is 4.68. The molecule has 2 aliphatic rings. The molecule has 4 atom stereocenters. The minimum Gasteiger partial charge on any atom is -0.465 e. The standard InChI is InChI=1S/C37H49N9O8/c1-37(2,54)30-20-41-44-46(30)26-18-29(34(50)42-27(31(47)32(38)48)10-6-7-14-40-36(52)53)45(21-26)35(51)28(16-22-8-4-3-5-9-22)43-33(49)24-11-12-25-19-39-15-13-23(25)17-24/h11-13,15,17,19-20,22,26-29,40,54H,3-10,14,16,18,21H2,1-2H3,(H2,38,48)(H,42,50)(H,43,49)(H,52,53)/t26-,27?,28+,29-/m0/s1. The van der Waals surface area contributed by atoms with E-state index in [1.54, 1.807) is 50.5 Å². The number of amides is 5. The van der Waals surface area contributed by atoms with E-state index in [1.807, 2.05) is 0 Å². The maximum absolute atomic E-state index is 14.8. The molecule has 1 aliphatic carbocycles. The van der Waals surface area contributed by atoms with E-state index in [0.717, 1.165) is 42.9 Å². The van der Waals surface area contributed by atoms with Crippen molar-refractivity contribution in [3.63, 3.8) is 0 Å². The van der Waals surface area contributed by atoms with Gasteiger partial charge in [0.2, 0.25) is 17.6 Å². The average Bonchev–Trinajstić information content (AvgIpc) is 3.82. The number of primary amides is 1. The Kier molecular flexibility index (Phi) is 12.9. The third-order valence-electron chi connectivity index (χ3n) is 10.3. The molecular weight excluding hydrogens is 698 g/mol. The number of ketones is 1. The number of likely N-dealkylation sites (tertiary alicyclic amines) is 1. The Morgan fingerprint density at radius 1 is 0.981 bits per heavy atom. The molecule has 1 unspecified atom stereocenters. The zero-order valence-electron chi connectivity index (χ0n) is 30.6. The van der Waals surface area contributed by atoms with Gasteiger partial charge in [0, 0.05) is 42.9 Å². The van der Waals surface area contributed by atoms with Gasteiger partial charge in [-0.2, -0.15) is 0 Å². The van der Waals surface area contributed by atoms with E-state index in [-0.39, 0.29) is 38.3 Å². The van der Waals surface area contributed by atoms with Gasteiger partial charge in [0.1, 0.15) is 17.7 Å². The number of nitrogens with two attached hydrogens (primary N) is 1. The van der Waals surface area contributed by atoms with Crippen molar-refractivity contribution in [1.82, 2.24) is 40.8 Å². The summed E-state index contributed by atoms with van der Waals surface area (Å²) in [7, 11) is 0. The zero-order valence-corrected chi connectivity index (χ0v) is 30.6. The van der Waals surface area contributed by atoms with E-state index in [4.69, 9.17) is 10.8 Å². The minimum atomic E-state index is -1.36. The summed E-state index contributed by atoms with van der Waals surface area (Å²) in [6.45, 7) is 3.20. The van der Waals surface area contributed by atoms with Crippen molar-refractivity contribution in [2.24, 2.45) is 11.7 Å². The van der Waals surface area contributed by atoms with Crippen LogP contribution in [0.15, 0.2) is 42.9 Å². The fraction of sp³-hybridized carbons (Fsp3) is 0.541. The lowest BCUT2D eigenvalue weighted by Gasteiger charge is -2.32. The Morgan fingerprint density at radius 2 is 1.74 bits per heavy atom. The Bertz CT molecular complexity index is 1850. The van der Waals surface area contributed by atoms with Crippen LogP contribution in [0.2, 0.25) is 0 Å². The molecule has 3 aromatic rings. The number of rotatable bonds is 16. The molecule has 290 valence electrons. The Morgan fingerprint density at radius 3 is 2.44 bits per heavy atom. The topological polar surface area (TPSA) is 252 Å². The van der Waals surface area contributed by atoms with E-state index in [9.17, 15) is 33.9 Å². The molecule has 0 bridgehead atoms. The molecule has 1 saturated heterocycles. The fourth-order valence-corrected chi connectivity index (χ4v) is 7.46. The zero-order chi connectivity index (χ0) is 39.0. The lowest BCUT2D eigenvalue weighted by Crippen LogP contribution is -2.56. The van der Waals surface area contributed by atoms with Crippen LogP contribution in [0, 0.1) is 5.92 Å². The van der Waals surface area contributed by atoms with Crippen molar-refractivity contribution in [3.05, 3.63) is 54.1 Å². The van der Waals surface area contributed by atoms with Crippen LogP contribution >= 0.6 is 0 Å². The molecule has 17 nitrogen and oxygen atoms in total. The van der Waals surface area contributed by atoms with Gasteiger partial charge in [0.05, 0.1) is 24.0 Å². The van der Waals surface area contributed by atoms with Gasteiger partial charge in [0.15, 0.2) is 0 Å². The van der Waals surface area contributed by atoms with Gasteiger partial charge in [0.25, 0.3) is 11.8 Å². The van der Waals surface area contributed by atoms with Crippen LogP contribution in [0.1, 0.15) is 100 Å². The molecule has 0 spiro atoms. The molecule has 1 aliphatic heterocycles. The van der Waals surface area contributed by atoms with E-state index < -0.39 is 65.3 Å². The number of hydrogen-bond acceptors (Lipinski definition) is 10. The monoisotopic (exact) mass is 747 g/mol. The predicted molar refractivity (Wildman–Crippen MR) is 195 cm³/mol. The van der Waals surface area contributed by atoms with Gasteiger partial charge < -0.3 is 36.8 Å². The quantitative estimate of drug-likeness (QED) is 0.0912. The number of aromatic nitrogens is 4. The van der Waals surface area contributed by atoms with Crippen molar-refractivity contribution in [2.45, 2.75) is 108 Å². The van der Waals surface area contributed by atoms with Crippen LogP contribution < -0.4 is 21.7 Å². The molecule has 7 N–H and O–H groups in total. The normalized spacial score (nSPS) is 18.8. The highest BCUT2D eigenvalue weighted by atomic mass is 16.4. The van der Waals surface area contributed by atoms with E-state index in [0.29, 0.717) is 24.1 Å². The van der Waals surface area contributed by atoms with Crippen molar-refractivity contribution in [2.75, 3.05) is 13.1 Å². The summed E-state index contributed by atoms with van der Waals surface area (Å²) >= 11 is 0. The first-order valence-electron chi connectivity index (χ1n) is 18.4. The molecule has 2 aromatic heterocycles. The first-order valence-corrected chi connectivity index (χ1v) is 18.4. The summed E-state index contributed by atoms with van der Waals surface area (Å²) in [6.07, 6.45) is 9.36. The molecule has 1 saturated carbocycles. The number of hydrogen-bond donors (Lipinski definition) is 6. The number of benzene rings is 1. The summed E-state index contributed by atoms with van der Waals surface area (Å²) in [5, 5.41) is 37.4. The SMILES string of the molecule is CC(C)(O)c1cnnn1[C@H]1C[C@@H](C(=O)NC(CCCCNC(=O)O)C(=O)C(N)=O)N(C(=O)[C@@H](CC2CCCCC2)NC(=O)c2ccc3cnccc3c2)C1. The second-order valence-electron chi connectivity index (χ2n) is 14.7. The number of nitrogens with zero attached hydrogens (tertiary/aromatic N) is 5. The second kappa shape index (κ2) is 17.6. The third-order valence-corrected chi connectivity index (χ3v) is 10.3.